The van der Waals surface area contributed by atoms with E-state index in [1.54, 1.807) is 0 Å². The van der Waals surface area contributed by atoms with Gasteiger partial charge in [-0.1, -0.05) is 24.1 Å². The molecule has 0 radical (unpaired) electrons. The van der Waals surface area contributed by atoms with Crippen LogP contribution < -0.4 is 10.6 Å². The number of nitrogens with zero attached hydrogens (tertiary/aromatic N) is 2. The highest BCUT2D eigenvalue weighted by Gasteiger charge is 2.28. The molecule has 0 amide bonds. The average Bonchev–Trinajstić information content (AvgIpc) is 2.98. The standard InChI is InChI=1S/C16H24ClN3/c17-16-10-14(5-4-13(16)11-18)20-9-6-15(12-20)19-7-2-1-3-8-19/h4-5,10,15H,1-3,6-9,11-12,18H2. The number of likely N-dealkylation sites (tertiary alicyclic amines) is 1. The van der Waals surface area contributed by atoms with Crippen molar-refractivity contribution in [3.8, 4) is 0 Å². The van der Waals surface area contributed by atoms with Crippen molar-refractivity contribution in [3.05, 3.63) is 28.8 Å². The topological polar surface area (TPSA) is 32.5 Å². The van der Waals surface area contributed by atoms with Crippen molar-refractivity contribution in [2.24, 2.45) is 5.73 Å². The smallest absolute Gasteiger partial charge is 0.0471 e. The van der Waals surface area contributed by atoms with Crippen LogP contribution in [0.25, 0.3) is 0 Å². The second-order valence-corrected chi connectivity index (χ2v) is 6.37. The summed E-state index contributed by atoms with van der Waals surface area (Å²) in [6.07, 6.45) is 5.42. The molecule has 20 heavy (non-hydrogen) atoms. The Balaban J connectivity index is 1.65. The molecule has 1 aromatic rings. The second-order valence-electron chi connectivity index (χ2n) is 5.96. The Morgan fingerprint density at radius 1 is 1.15 bits per heavy atom. The molecule has 3 rings (SSSR count). The first-order valence-electron chi connectivity index (χ1n) is 7.75. The molecule has 1 aromatic carbocycles. The Bertz CT molecular complexity index is 457. The third-order valence-electron chi connectivity index (χ3n) is 4.69. The summed E-state index contributed by atoms with van der Waals surface area (Å²) >= 11 is 6.28. The van der Waals surface area contributed by atoms with Gasteiger partial charge in [-0.25, -0.2) is 0 Å². The van der Waals surface area contributed by atoms with Gasteiger partial charge < -0.3 is 10.6 Å². The van der Waals surface area contributed by atoms with Crippen LogP contribution in [0, 0.1) is 0 Å². The van der Waals surface area contributed by atoms with Crippen LogP contribution in [0.5, 0.6) is 0 Å². The zero-order valence-electron chi connectivity index (χ0n) is 12.0. The van der Waals surface area contributed by atoms with Crippen LogP contribution in [0.1, 0.15) is 31.2 Å². The van der Waals surface area contributed by atoms with Crippen LogP contribution in [0.3, 0.4) is 0 Å². The molecule has 2 saturated heterocycles. The molecule has 1 unspecified atom stereocenters. The maximum atomic E-state index is 6.28. The number of nitrogens with two attached hydrogens (primary N) is 1. The van der Waals surface area contributed by atoms with E-state index < -0.39 is 0 Å². The molecule has 0 aromatic heterocycles. The first-order valence-corrected chi connectivity index (χ1v) is 8.13. The molecule has 0 aliphatic carbocycles. The minimum Gasteiger partial charge on any atom is -0.370 e. The molecule has 2 N–H and O–H groups in total. The van der Waals surface area contributed by atoms with E-state index in [1.165, 1.54) is 44.5 Å². The van der Waals surface area contributed by atoms with Crippen LogP contribution >= 0.6 is 11.6 Å². The summed E-state index contributed by atoms with van der Waals surface area (Å²) in [5, 5.41) is 0.798. The number of hydrogen-bond donors (Lipinski definition) is 1. The average molecular weight is 294 g/mol. The van der Waals surface area contributed by atoms with Gasteiger partial charge in [0.2, 0.25) is 0 Å². The quantitative estimate of drug-likeness (QED) is 0.930. The molecule has 2 aliphatic rings. The van der Waals surface area contributed by atoms with E-state index in [9.17, 15) is 0 Å². The predicted molar refractivity (Wildman–Crippen MR) is 85.4 cm³/mol. The van der Waals surface area contributed by atoms with Crippen molar-refractivity contribution in [1.82, 2.24) is 4.90 Å². The lowest BCUT2D eigenvalue weighted by Crippen LogP contribution is -2.40. The van der Waals surface area contributed by atoms with E-state index in [-0.39, 0.29) is 0 Å². The molecule has 2 heterocycles. The summed E-state index contributed by atoms with van der Waals surface area (Å²) in [7, 11) is 0. The Morgan fingerprint density at radius 2 is 1.95 bits per heavy atom. The van der Waals surface area contributed by atoms with Gasteiger partial charge in [-0.05, 0) is 50.0 Å². The number of hydrogen-bond acceptors (Lipinski definition) is 3. The number of rotatable bonds is 3. The van der Waals surface area contributed by atoms with Crippen LogP contribution in [-0.2, 0) is 6.54 Å². The minimum atomic E-state index is 0.509. The normalized spacial score (nSPS) is 24.3. The Hall–Kier alpha value is -0.770. The molecule has 1 atom stereocenters. The molecule has 0 bridgehead atoms. The van der Waals surface area contributed by atoms with Gasteiger partial charge in [-0.15, -0.1) is 0 Å². The molecular formula is C16H24ClN3. The lowest BCUT2D eigenvalue weighted by atomic mass is 10.1. The second kappa shape index (κ2) is 6.33. The van der Waals surface area contributed by atoms with Gasteiger partial charge in [0.05, 0.1) is 0 Å². The summed E-state index contributed by atoms with van der Waals surface area (Å²) in [6.45, 7) is 5.35. The SMILES string of the molecule is NCc1ccc(N2CCC(N3CCCCC3)C2)cc1Cl. The summed E-state index contributed by atoms with van der Waals surface area (Å²) in [4.78, 5) is 5.14. The van der Waals surface area contributed by atoms with Crippen molar-refractivity contribution < 1.29 is 0 Å². The Morgan fingerprint density at radius 3 is 2.65 bits per heavy atom. The van der Waals surface area contributed by atoms with E-state index >= 15 is 0 Å². The Labute approximate surface area is 126 Å². The number of anilines is 1. The van der Waals surface area contributed by atoms with E-state index in [4.69, 9.17) is 17.3 Å². The third kappa shape index (κ3) is 2.95. The van der Waals surface area contributed by atoms with Crippen molar-refractivity contribution in [2.75, 3.05) is 31.1 Å². The summed E-state index contributed by atoms with van der Waals surface area (Å²) in [5.74, 6) is 0. The fraction of sp³-hybridized carbons (Fsp3) is 0.625. The maximum Gasteiger partial charge on any atom is 0.0471 e. The number of piperidine rings is 1. The van der Waals surface area contributed by atoms with Gasteiger partial charge >= 0.3 is 0 Å². The zero-order chi connectivity index (χ0) is 13.9. The van der Waals surface area contributed by atoms with Gasteiger partial charge in [-0.2, -0.15) is 0 Å². The minimum absolute atomic E-state index is 0.509. The largest absolute Gasteiger partial charge is 0.370 e. The van der Waals surface area contributed by atoms with E-state index in [0.29, 0.717) is 6.54 Å². The maximum absolute atomic E-state index is 6.28. The van der Waals surface area contributed by atoms with E-state index in [0.717, 1.165) is 29.7 Å². The van der Waals surface area contributed by atoms with Crippen LogP contribution in [0.2, 0.25) is 5.02 Å². The predicted octanol–water partition coefficient (Wildman–Crippen LogP) is 2.86. The summed E-state index contributed by atoms with van der Waals surface area (Å²) in [5.41, 5.74) is 7.94. The fourth-order valence-electron chi connectivity index (χ4n) is 3.46. The van der Waals surface area contributed by atoms with Gasteiger partial charge in [-0.3, -0.25) is 4.90 Å². The first kappa shape index (κ1) is 14.2. The molecule has 2 aliphatic heterocycles. The fourth-order valence-corrected chi connectivity index (χ4v) is 3.71. The molecule has 3 nitrogen and oxygen atoms in total. The van der Waals surface area contributed by atoms with Gasteiger partial charge in [0.1, 0.15) is 0 Å². The van der Waals surface area contributed by atoms with Crippen molar-refractivity contribution in [1.29, 1.82) is 0 Å². The lowest BCUT2D eigenvalue weighted by molar-refractivity contribution is 0.175. The van der Waals surface area contributed by atoms with Crippen LogP contribution in [0.4, 0.5) is 5.69 Å². The molecular weight excluding hydrogens is 270 g/mol. The van der Waals surface area contributed by atoms with E-state index in [2.05, 4.69) is 28.0 Å². The first-order chi connectivity index (χ1) is 9.78. The highest BCUT2D eigenvalue weighted by atomic mass is 35.5. The lowest BCUT2D eigenvalue weighted by Gasteiger charge is -2.32. The summed E-state index contributed by atoms with van der Waals surface area (Å²) in [6, 6.07) is 7.02. The third-order valence-corrected chi connectivity index (χ3v) is 5.04. The van der Waals surface area contributed by atoms with Gasteiger partial charge in [0.25, 0.3) is 0 Å². The zero-order valence-corrected chi connectivity index (χ0v) is 12.8. The van der Waals surface area contributed by atoms with Gasteiger partial charge in [0, 0.05) is 36.4 Å². The van der Waals surface area contributed by atoms with E-state index in [1.807, 2.05) is 0 Å². The Kier molecular flexibility index (Phi) is 4.49. The number of benzene rings is 1. The van der Waals surface area contributed by atoms with Gasteiger partial charge in [0.15, 0.2) is 0 Å². The van der Waals surface area contributed by atoms with Crippen molar-refractivity contribution in [2.45, 2.75) is 38.3 Å². The van der Waals surface area contributed by atoms with Crippen molar-refractivity contribution in [3.63, 3.8) is 0 Å². The van der Waals surface area contributed by atoms with Crippen LogP contribution in [-0.4, -0.2) is 37.1 Å². The van der Waals surface area contributed by atoms with Crippen LogP contribution in [0.15, 0.2) is 18.2 Å². The summed E-state index contributed by atoms with van der Waals surface area (Å²) < 4.78 is 0. The van der Waals surface area contributed by atoms with Crippen molar-refractivity contribution >= 4 is 17.3 Å². The number of halogens is 1. The highest BCUT2D eigenvalue weighted by Crippen LogP contribution is 2.28. The molecule has 2 fully saturated rings. The molecule has 0 saturated carbocycles. The molecule has 4 heteroatoms. The molecule has 0 spiro atoms. The monoisotopic (exact) mass is 293 g/mol. The molecule has 110 valence electrons. The highest BCUT2D eigenvalue weighted by molar-refractivity contribution is 6.31.